The third kappa shape index (κ3) is 4.59. The van der Waals surface area contributed by atoms with Crippen molar-refractivity contribution >= 4 is 45.6 Å². The smallest absolute Gasteiger partial charge is 0.304 e. The molecule has 2 atom stereocenters. The molecule has 2 aromatic rings. The number of carbonyl (C=O) groups is 1. The van der Waals surface area contributed by atoms with Crippen LogP contribution >= 0.6 is 28.7 Å². The molecule has 0 bridgehead atoms. The third-order valence-corrected chi connectivity index (χ3v) is 6.52. The van der Waals surface area contributed by atoms with Crippen LogP contribution in [0.5, 0.6) is 0 Å². The molecule has 0 saturated carbocycles. The Labute approximate surface area is 193 Å². The normalized spacial score (nSPS) is 22.9. The fourth-order valence-corrected chi connectivity index (χ4v) is 5.13. The zero-order valence-corrected chi connectivity index (χ0v) is 18.9. The average Bonchev–Trinajstić information content (AvgIpc) is 3.01. The summed E-state index contributed by atoms with van der Waals surface area (Å²) in [5.41, 5.74) is -0.529. The van der Waals surface area contributed by atoms with E-state index in [-0.39, 0.29) is 34.7 Å². The van der Waals surface area contributed by atoms with Crippen molar-refractivity contribution in [3.63, 3.8) is 0 Å². The molecule has 2 aliphatic heterocycles. The summed E-state index contributed by atoms with van der Waals surface area (Å²) in [6.07, 6.45) is -0.307. The van der Waals surface area contributed by atoms with Gasteiger partial charge >= 0.3 is 5.97 Å². The monoisotopic (exact) mass is 508 g/mol. The number of fused-ring (bicyclic) bond motifs is 1. The molecule has 164 valence electrons. The van der Waals surface area contributed by atoms with Crippen LogP contribution in [0.2, 0.25) is 0 Å². The first-order valence-electron chi connectivity index (χ1n) is 9.32. The van der Waals surface area contributed by atoms with Crippen LogP contribution < -0.4 is 0 Å². The Balaban J connectivity index is 0.00000272. The van der Waals surface area contributed by atoms with Crippen LogP contribution in [-0.4, -0.2) is 54.7 Å². The van der Waals surface area contributed by atoms with Crippen molar-refractivity contribution in [2.45, 2.75) is 23.9 Å². The van der Waals surface area contributed by atoms with Gasteiger partial charge in [-0.15, -0.1) is 17.0 Å². The van der Waals surface area contributed by atoms with E-state index in [1.165, 1.54) is 30.0 Å². The number of carboxylic acid groups (broad SMARTS) is 1. The number of amidine groups is 1. The Hall–Kier alpha value is -2.47. The van der Waals surface area contributed by atoms with Gasteiger partial charge in [-0.3, -0.25) is 19.8 Å². The van der Waals surface area contributed by atoms with Crippen molar-refractivity contribution in [3.8, 4) is 0 Å². The van der Waals surface area contributed by atoms with Crippen LogP contribution in [0.25, 0.3) is 0 Å². The number of aliphatic carboxylic acids is 1. The maximum absolute atomic E-state index is 11.8. The zero-order valence-electron chi connectivity index (χ0n) is 16.3. The maximum atomic E-state index is 11.8. The molecule has 2 unspecified atom stereocenters. The van der Waals surface area contributed by atoms with E-state index in [2.05, 4.69) is 4.99 Å². The summed E-state index contributed by atoms with van der Waals surface area (Å²) in [5.74, 6) is -1.06. The molecule has 2 heterocycles. The van der Waals surface area contributed by atoms with Crippen LogP contribution in [-0.2, 0) is 17.1 Å². The highest BCUT2D eigenvalue weighted by Gasteiger charge is 2.54. The van der Waals surface area contributed by atoms with Crippen LogP contribution in [0.15, 0.2) is 59.6 Å². The lowest BCUT2D eigenvalue weighted by atomic mass is 9.95. The lowest BCUT2D eigenvalue weighted by molar-refractivity contribution is -0.385. The van der Waals surface area contributed by atoms with Crippen LogP contribution in [0, 0.1) is 10.1 Å². The van der Waals surface area contributed by atoms with Crippen molar-refractivity contribution in [1.29, 1.82) is 0 Å². The molecule has 0 amide bonds. The summed E-state index contributed by atoms with van der Waals surface area (Å²) in [6.45, 7) is 1.34. The number of aliphatic imine (C=N–C) groups is 1. The molecule has 0 aliphatic carbocycles. The van der Waals surface area contributed by atoms with Gasteiger partial charge in [0.05, 0.1) is 29.9 Å². The predicted octanol–water partition coefficient (Wildman–Crippen LogP) is 3.00. The average molecular weight is 509 g/mol. The van der Waals surface area contributed by atoms with E-state index in [4.69, 9.17) is 0 Å². The van der Waals surface area contributed by atoms with Crippen LogP contribution in [0.3, 0.4) is 0 Å². The molecule has 9 nitrogen and oxygen atoms in total. The highest BCUT2D eigenvalue weighted by atomic mass is 79.9. The Morgan fingerprint density at radius 2 is 2.00 bits per heavy atom. The first-order chi connectivity index (χ1) is 14.4. The number of halogens is 1. The van der Waals surface area contributed by atoms with Crippen molar-refractivity contribution in [1.82, 2.24) is 9.80 Å². The molecule has 2 aromatic carbocycles. The van der Waals surface area contributed by atoms with E-state index in [0.717, 1.165) is 5.56 Å². The number of nitrogens with zero attached hydrogens (tertiary/aromatic N) is 4. The topological polar surface area (TPSA) is 120 Å². The highest BCUT2D eigenvalue weighted by molar-refractivity contribution is 8.93. The van der Waals surface area contributed by atoms with Crippen molar-refractivity contribution in [3.05, 3.63) is 75.8 Å². The minimum atomic E-state index is -1.73. The summed E-state index contributed by atoms with van der Waals surface area (Å²) < 4.78 is 0. The Morgan fingerprint density at radius 1 is 1.26 bits per heavy atom. The molecule has 2 N–H and O–H groups in total. The molecule has 31 heavy (non-hydrogen) atoms. The van der Waals surface area contributed by atoms with Crippen molar-refractivity contribution < 1.29 is 19.9 Å². The van der Waals surface area contributed by atoms with E-state index in [0.29, 0.717) is 25.0 Å². The lowest BCUT2D eigenvalue weighted by Gasteiger charge is -2.41. The zero-order chi connectivity index (χ0) is 21.3. The highest BCUT2D eigenvalue weighted by Crippen LogP contribution is 2.48. The number of rotatable bonds is 6. The lowest BCUT2D eigenvalue weighted by Crippen LogP contribution is -2.54. The molecule has 1 fully saturated rings. The van der Waals surface area contributed by atoms with Gasteiger partial charge in [0.25, 0.3) is 5.69 Å². The van der Waals surface area contributed by atoms with Gasteiger partial charge < -0.3 is 15.1 Å². The first kappa shape index (κ1) is 23.2. The van der Waals surface area contributed by atoms with Crippen LogP contribution in [0.4, 0.5) is 5.69 Å². The quantitative estimate of drug-likeness (QED) is 0.451. The SMILES string of the molecule is Br.O=C(O)CC1SC2=NCN(Cc3ccccc3)CN2C1(O)c1cccc([N+](=O)[O-])c1. The molecule has 1 saturated heterocycles. The van der Waals surface area contributed by atoms with Gasteiger partial charge in [0.15, 0.2) is 10.9 Å². The molecular weight excluding hydrogens is 488 g/mol. The van der Waals surface area contributed by atoms with Crippen molar-refractivity contribution in [2.75, 3.05) is 13.3 Å². The second-order valence-electron chi connectivity index (χ2n) is 7.20. The number of thioether (sulfide) groups is 1. The summed E-state index contributed by atoms with van der Waals surface area (Å²) in [7, 11) is 0. The van der Waals surface area contributed by atoms with Crippen molar-refractivity contribution in [2.24, 2.45) is 4.99 Å². The third-order valence-electron chi connectivity index (χ3n) is 5.18. The number of non-ortho nitro benzene ring substituents is 1. The fraction of sp³-hybridized carbons (Fsp3) is 0.300. The molecule has 0 radical (unpaired) electrons. The number of aliphatic hydroxyl groups is 1. The summed E-state index contributed by atoms with van der Waals surface area (Å²) in [5, 5.41) is 32.2. The van der Waals surface area contributed by atoms with E-state index >= 15 is 0 Å². The number of nitro groups is 1. The minimum absolute atomic E-state index is 0. The molecule has 0 spiro atoms. The number of nitro benzene ring substituents is 1. The largest absolute Gasteiger partial charge is 0.481 e. The summed E-state index contributed by atoms with van der Waals surface area (Å²) in [4.78, 5) is 30.4. The van der Waals surface area contributed by atoms with Gasteiger partial charge in [-0.05, 0) is 5.56 Å². The molecule has 11 heteroatoms. The van der Waals surface area contributed by atoms with Gasteiger partial charge in [-0.25, -0.2) is 4.99 Å². The van der Waals surface area contributed by atoms with Gasteiger partial charge in [-0.1, -0.05) is 54.2 Å². The first-order valence-corrected chi connectivity index (χ1v) is 10.2. The molecule has 2 aliphatic rings. The number of benzene rings is 2. The predicted molar refractivity (Wildman–Crippen MR) is 122 cm³/mol. The van der Waals surface area contributed by atoms with E-state index in [1.807, 2.05) is 35.2 Å². The fourth-order valence-electron chi connectivity index (χ4n) is 3.76. The van der Waals surface area contributed by atoms with E-state index in [1.54, 1.807) is 11.0 Å². The second kappa shape index (κ2) is 9.35. The minimum Gasteiger partial charge on any atom is -0.481 e. The maximum Gasteiger partial charge on any atom is 0.304 e. The number of carboxylic acids is 1. The van der Waals surface area contributed by atoms with E-state index < -0.39 is 21.9 Å². The van der Waals surface area contributed by atoms with Gasteiger partial charge in [0, 0.05) is 24.2 Å². The van der Waals surface area contributed by atoms with Gasteiger partial charge in [-0.2, -0.15) is 0 Å². The summed E-state index contributed by atoms with van der Waals surface area (Å²) in [6, 6.07) is 15.5. The standard InChI is InChI=1S/C20H20N4O5S.BrH/c25-18(26)10-17-20(27,15-7-4-8-16(9-15)24(28)29)23-13-22(12-21-19(23)30-17)11-14-5-2-1-3-6-14;/h1-9,17,27H,10-13H2,(H,25,26);1H. The van der Waals surface area contributed by atoms with Gasteiger partial charge in [0.1, 0.15) is 0 Å². The molecule has 0 aromatic heterocycles. The van der Waals surface area contributed by atoms with E-state index in [9.17, 15) is 25.1 Å². The Kier molecular flexibility index (Phi) is 6.99. The summed E-state index contributed by atoms with van der Waals surface area (Å²) >= 11 is 1.20. The molecule has 4 rings (SSSR count). The molecular formula is C20H21BrN4O5S. The van der Waals surface area contributed by atoms with Crippen LogP contribution in [0.1, 0.15) is 17.5 Å². The number of hydrogen-bond acceptors (Lipinski definition) is 8. The number of hydrogen-bond donors (Lipinski definition) is 2. The Bertz CT molecular complexity index is 1010. The van der Waals surface area contributed by atoms with Gasteiger partial charge in [0.2, 0.25) is 0 Å². The Morgan fingerprint density at radius 3 is 2.68 bits per heavy atom. The second-order valence-corrected chi connectivity index (χ2v) is 8.37.